The van der Waals surface area contributed by atoms with Gasteiger partial charge in [0, 0.05) is 48.9 Å². The molecule has 40 valence electrons. The van der Waals surface area contributed by atoms with Gasteiger partial charge in [0.2, 0.25) is 0 Å². The van der Waals surface area contributed by atoms with Gasteiger partial charge in [-0.15, -0.1) is 0 Å². The van der Waals surface area contributed by atoms with Gasteiger partial charge in [0.15, 0.2) is 0 Å². The van der Waals surface area contributed by atoms with E-state index in [0.717, 1.165) is 0 Å². The summed E-state index contributed by atoms with van der Waals surface area (Å²) >= 11 is 0. The summed E-state index contributed by atoms with van der Waals surface area (Å²) in [5.74, 6) is 0. The molecular formula is C3H8BaO3. The largest absolute Gasteiger partial charge is 0.394 e. The normalized spacial score (nSPS) is 8.57. The van der Waals surface area contributed by atoms with E-state index in [4.69, 9.17) is 15.3 Å². The van der Waals surface area contributed by atoms with Crippen molar-refractivity contribution < 1.29 is 15.3 Å². The molecule has 0 rings (SSSR count). The maximum atomic E-state index is 8.17. The van der Waals surface area contributed by atoms with Crippen LogP contribution in [0.5, 0.6) is 0 Å². The molecule has 0 aliphatic carbocycles. The predicted molar refractivity (Wildman–Crippen MR) is 25.9 cm³/mol. The van der Waals surface area contributed by atoms with Crippen LogP contribution in [0.2, 0.25) is 0 Å². The van der Waals surface area contributed by atoms with Crippen LogP contribution < -0.4 is 0 Å². The van der Waals surface area contributed by atoms with Crippen molar-refractivity contribution in [3.05, 3.63) is 0 Å². The van der Waals surface area contributed by atoms with Crippen LogP contribution in [0.1, 0.15) is 0 Å². The second-order valence-electron chi connectivity index (χ2n) is 1.02. The first-order valence-electron chi connectivity index (χ1n) is 1.71. The van der Waals surface area contributed by atoms with Crippen molar-refractivity contribution in [2.45, 2.75) is 6.10 Å². The van der Waals surface area contributed by atoms with Gasteiger partial charge in [0.25, 0.3) is 0 Å². The molecule has 0 aromatic rings. The summed E-state index contributed by atoms with van der Waals surface area (Å²) in [4.78, 5) is 0. The van der Waals surface area contributed by atoms with Gasteiger partial charge in [-0.3, -0.25) is 0 Å². The van der Waals surface area contributed by atoms with E-state index in [1.165, 1.54) is 0 Å². The minimum absolute atomic E-state index is 0. The van der Waals surface area contributed by atoms with E-state index in [9.17, 15) is 0 Å². The number of aliphatic hydroxyl groups is 3. The van der Waals surface area contributed by atoms with Crippen LogP contribution in [0.25, 0.3) is 0 Å². The molecule has 0 unspecified atom stereocenters. The Labute approximate surface area is 82.4 Å². The monoisotopic (exact) mass is 230 g/mol. The van der Waals surface area contributed by atoms with Gasteiger partial charge >= 0.3 is 0 Å². The number of hydrogen-bond donors (Lipinski definition) is 3. The second kappa shape index (κ2) is 7.45. The summed E-state index contributed by atoms with van der Waals surface area (Å²) in [7, 11) is 0. The summed E-state index contributed by atoms with van der Waals surface area (Å²) in [5.41, 5.74) is 0. The molecule has 2 radical (unpaired) electrons. The fourth-order valence-corrected chi connectivity index (χ4v) is 0.0577. The maximum absolute atomic E-state index is 8.17. The number of aliphatic hydroxyl groups excluding tert-OH is 3. The van der Waals surface area contributed by atoms with Crippen LogP contribution in [-0.2, 0) is 0 Å². The molecule has 0 spiro atoms. The molecule has 3 nitrogen and oxygen atoms in total. The minimum Gasteiger partial charge on any atom is -0.394 e. The van der Waals surface area contributed by atoms with E-state index in [1.54, 1.807) is 0 Å². The average Bonchev–Trinajstić information content (AvgIpc) is 1.65. The molecule has 3 N–H and O–H groups in total. The average molecular weight is 229 g/mol. The van der Waals surface area contributed by atoms with Crippen LogP contribution >= 0.6 is 0 Å². The molecule has 0 bridgehead atoms. The van der Waals surface area contributed by atoms with Crippen molar-refractivity contribution in [1.29, 1.82) is 0 Å². The molecule has 0 fully saturated rings. The van der Waals surface area contributed by atoms with Gasteiger partial charge in [-0.05, 0) is 0 Å². The van der Waals surface area contributed by atoms with Gasteiger partial charge in [0.05, 0.1) is 13.2 Å². The van der Waals surface area contributed by atoms with Crippen molar-refractivity contribution in [1.82, 2.24) is 0 Å². The number of rotatable bonds is 2. The van der Waals surface area contributed by atoms with Crippen LogP contribution in [0.4, 0.5) is 0 Å². The zero-order chi connectivity index (χ0) is 4.99. The van der Waals surface area contributed by atoms with Gasteiger partial charge in [0.1, 0.15) is 6.10 Å². The quantitative estimate of drug-likeness (QED) is 0.478. The number of hydrogen-bond acceptors (Lipinski definition) is 3. The molecule has 0 heterocycles. The van der Waals surface area contributed by atoms with Crippen LogP contribution in [-0.4, -0.2) is 83.5 Å². The summed E-state index contributed by atoms with van der Waals surface area (Å²) in [6.45, 7) is -0.729. The Kier molecular flexibility index (Phi) is 12.0. The molecule has 4 heteroatoms. The van der Waals surface area contributed by atoms with Crippen LogP contribution in [0, 0.1) is 0 Å². The smallest absolute Gasteiger partial charge is 0.100 e. The standard InChI is InChI=1S/C3H8O3.Ba/c4-1-3(6)2-5;/h3-6H,1-2H2;. The Morgan fingerprint density at radius 2 is 1.43 bits per heavy atom. The third-order valence-electron chi connectivity index (χ3n) is 0.421. The van der Waals surface area contributed by atoms with Crippen LogP contribution in [0.15, 0.2) is 0 Å². The Morgan fingerprint density at radius 3 is 1.43 bits per heavy atom. The molecular weight excluding hydrogens is 221 g/mol. The first kappa shape index (κ1) is 11.3. The van der Waals surface area contributed by atoms with Crippen molar-refractivity contribution in [3.8, 4) is 0 Å². The van der Waals surface area contributed by atoms with Gasteiger partial charge < -0.3 is 15.3 Å². The molecule has 0 aromatic heterocycles. The van der Waals surface area contributed by atoms with Crippen LogP contribution in [0.3, 0.4) is 0 Å². The van der Waals surface area contributed by atoms with E-state index < -0.39 is 6.10 Å². The molecule has 0 saturated heterocycles. The Bertz CT molecular complexity index is 29.4. The minimum atomic E-state index is -0.954. The maximum Gasteiger partial charge on any atom is 0.100 e. The topological polar surface area (TPSA) is 60.7 Å². The van der Waals surface area contributed by atoms with E-state index >= 15 is 0 Å². The molecule has 0 aliphatic rings. The van der Waals surface area contributed by atoms with Crippen molar-refractivity contribution in [2.24, 2.45) is 0 Å². The SMILES string of the molecule is OCC(O)CO.[Ba]. The zero-order valence-corrected chi connectivity index (χ0v) is 8.48. The zero-order valence-electron chi connectivity index (χ0n) is 4.04. The first-order chi connectivity index (χ1) is 2.81. The third-order valence-corrected chi connectivity index (χ3v) is 0.421. The summed E-state index contributed by atoms with van der Waals surface area (Å²) in [6, 6.07) is 0. The van der Waals surface area contributed by atoms with E-state index in [0.29, 0.717) is 0 Å². The van der Waals surface area contributed by atoms with Gasteiger partial charge in [-0.1, -0.05) is 0 Å². The molecule has 0 amide bonds. The molecule has 7 heavy (non-hydrogen) atoms. The van der Waals surface area contributed by atoms with Crippen molar-refractivity contribution >= 4 is 48.9 Å². The summed E-state index contributed by atoms with van der Waals surface area (Å²) < 4.78 is 0. The Hall–Kier alpha value is 1.45. The fraction of sp³-hybridized carbons (Fsp3) is 1.00. The van der Waals surface area contributed by atoms with Crippen molar-refractivity contribution in [2.75, 3.05) is 13.2 Å². The third kappa shape index (κ3) is 7.45. The van der Waals surface area contributed by atoms with E-state index in [1.807, 2.05) is 0 Å². The fourth-order valence-electron chi connectivity index (χ4n) is 0.0577. The van der Waals surface area contributed by atoms with Crippen molar-refractivity contribution in [3.63, 3.8) is 0 Å². The molecule has 0 atom stereocenters. The Balaban J connectivity index is 0. The Morgan fingerprint density at radius 1 is 1.14 bits per heavy atom. The van der Waals surface area contributed by atoms with Gasteiger partial charge in [-0.2, -0.15) is 0 Å². The molecule has 0 saturated carbocycles. The summed E-state index contributed by atoms with van der Waals surface area (Å²) in [5, 5.41) is 24.0. The molecule has 0 aliphatic heterocycles. The van der Waals surface area contributed by atoms with Gasteiger partial charge in [-0.25, -0.2) is 0 Å². The summed E-state index contributed by atoms with van der Waals surface area (Å²) in [6.07, 6.45) is -0.954. The van der Waals surface area contributed by atoms with E-state index in [-0.39, 0.29) is 62.1 Å². The molecule has 0 aromatic carbocycles. The second-order valence-corrected chi connectivity index (χ2v) is 1.02. The van der Waals surface area contributed by atoms with E-state index in [2.05, 4.69) is 0 Å². The predicted octanol–water partition coefficient (Wildman–Crippen LogP) is -2.05. The first-order valence-corrected chi connectivity index (χ1v) is 1.71.